The lowest BCUT2D eigenvalue weighted by atomic mass is 10.3. The van der Waals surface area contributed by atoms with Crippen LogP contribution in [-0.2, 0) is 13.5 Å². The van der Waals surface area contributed by atoms with Crippen LogP contribution in [0.25, 0.3) is 10.3 Å². The van der Waals surface area contributed by atoms with E-state index in [2.05, 4.69) is 20.4 Å². The van der Waals surface area contributed by atoms with Gasteiger partial charge in [0, 0.05) is 38.0 Å². The highest BCUT2D eigenvalue weighted by molar-refractivity contribution is 7.19. The van der Waals surface area contributed by atoms with Crippen molar-refractivity contribution in [3.8, 4) is 0 Å². The molecule has 0 aromatic carbocycles. The second-order valence-corrected chi connectivity index (χ2v) is 7.51. The largest absolute Gasteiger partial charge is 0.405 e. The fourth-order valence-corrected chi connectivity index (χ4v) is 4.01. The summed E-state index contributed by atoms with van der Waals surface area (Å²) in [6.07, 6.45) is 8.84. The third kappa shape index (κ3) is 4.58. The van der Waals surface area contributed by atoms with Gasteiger partial charge in [-0.05, 0) is 18.4 Å². The van der Waals surface area contributed by atoms with Crippen molar-refractivity contribution in [3.05, 3.63) is 40.8 Å². The van der Waals surface area contributed by atoms with Crippen molar-refractivity contribution in [2.24, 2.45) is 28.6 Å². The van der Waals surface area contributed by atoms with Gasteiger partial charge in [-0.3, -0.25) is 15.5 Å². The van der Waals surface area contributed by atoms with Crippen LogP contribution in [-0.4, -0.2) is 58.4 Å². The van der Waals surface area contributed by atoms with Crippen LogP contribution in [0, 0.1) is 5.41 Å². The van der Waals surface area contributed by atoms with Crippen molar-refractivity contribution in [3.63, 3.8) is 0 Å². The number of thiazole rings is 1. The third-order valence-electron chi connectivity index (χ3n) is 4.23. The SMILES string of the molecule is CN(CC1=NC(N)NC=C1)/N=C\c1c(C=O)n(C)c2nc(CC(=N)/C=C\N)sc12. The highest BCUT2D eigenvalue weighted by Gasteiger charge is 2.18. The lowest BCUT2D eigenvalue weighted by Crippen LogP contribution is -2.36. The first-order valence-electron chi connectivity index (χ1n) is 8.82. The van der Waals surface area contributed by atoms with Crippen molar-refractivity contribution in [2.45, 2.75) is 12.7 Å². The Hall–Kier alpha value is -3.31. The predicted molar refractivity (Wildman–Crippen MR) is 117 cm³/mol. The maximum Gasteiger partial charge on any atom is 0.171 e. The monoisotopic (exact) mass is 413 g/mol. The molecule has 1 aliphatic rings. The molecule has 1 atom stereocenters. The molecule has 0 saturated carbocycles. The zero-order valence-electron chi connectivity index (χ0n) is 16.2. The van der Waals surface area contributed by atoms with E-state index in [9.17, 15) is 4.79 Å². The molecule has 0 amide bonds. The summed E-state index contributed by atoms with van der Waals surface area (Å²) in [7, 11) is 3.61. The Balaban J connectivity index is 1.85. The average Bonchev–Trinajstić information content (AvgIpc) is 3.17. The van der Waals surface area contributed by atoms with Crippen LogP contribution < -0.4 is 16.8 Å². The number of nitrogens with zero attached hydrogens (tertiary/aromatic N) is 5. The molecule has 29 heavy (non-hydrogen) atoms. The number of hydrogen-bond acceptors (Lipinski definition) is 10. The fourth-order valence-electron chi connectivity index (χ4n) is 2.88. The van der Waals surface area contributed by atoms with Gasteiger partial charge in [0.1, 0.15) is 5.01 Å². The highest BCUT2D eigenvalue weighted by Crippen LogP contribution is 2.29. The first kappa shape index (κ1) is 20.4. The molecule has 2 aromatic heterocycles. The lowest BCUT2D eigenvalue weighted by molar-refractivity contribution is 0.111. The topological polar surface area (TPSA) is 151 Å². The van der Waals surface area contributed by atoms with Crippen LogP contribution in [0.1, 0.15) is 21.1 Å². The summed E-state index contributed by atoms with van der Waals surface area (Å²) >= 11 is 1.44. The number of hydrogen-bond donors (Lipinski definition) is 4. The molecule has 0 bridgehead atoms. The van der Waals surface area contributed by atoms with Gasteiger partial charge in [0.2, 0.25) is 0 Å². The van der Waals surface area contributed by atoms with Crippen molar-refractivity contribution in [1.82, 2.24) is 19.9 Å². The maximum absolute atomic E-state index is 11.6. The third-order valence-corrected chi connectivity index (χ3v) is 5.30. The normalized spacial score (nSPS) is 16.5. The molecular formula is C18H23N9OS. The molecule has 152 valence electrons. The van der Waals surface area contributed by atoms with Crippen LogP contribution in [0.15, 0.2) is 34.6 Å². The van der Waals surface area contributed by atoms with Crippen LogP contribution in [0.3, 0.4) is 0 Å². The Labute approximate surface area is 171 Å². The van der Waals surface area contributed by atoms with E-state index in [1.54, 1.807) is 29.0 Å². The average molecular weight is 414 g/mol. The number of carbonyl (C=O) groups is 1. The summed E-state index contributed by atoms with van der Waals surface area (Å²) < 4.78 is 2.59. The molecule has 2 aromatic rings. The number of aromatic nitrogens is 2. The van der Waals surface area contributed by atoms with Gasteiger partial charge in [0.25, 0.3) is 0 Å². The number of nitrogens with two attached hydrogens (primary N) is 2. The summed E-state index contributed by atoms with van der Waals surface area (Å²) in [5, 5.41) is 17.7. The second-order valence-electron chi connectivity index (χ2n) is 6.42. The zero-order valence-corrected chi connectivity index (χ0v) is 17.0. The minimum Gasteiger partial charge on any atom is -0.405 e. The Bertz CT molecular complexity index is 1040. The van der Waals surface area contributed by atoms with Gasteiger partial charge in [-0.25, -0.2) is 9.98 Å². The van der Waals surface area contributed by atoms with Crippen LogP contribution in [0.4, 0.5) is 0 Å². The second kappa shape index (κ2) is 8.80. The van der Waals surface area contributed by atoms with Crippen molar-refractivity contribution < 1.29 is 4.79 Å². The van der Waals surface area contributed by atoms with E-state index in [-0.39, 0.29) is 0 Å². The van der Waals surface area contributed by atoms with Gasteiger partial charge in [-0.1, -0.05) is 0 Å². The first-order chi connectivity index (χ1) is 13.9. The molecule has 10 nitrogen and oxygen atoms in total. The number of nitrogens with one attached hydrogen (secondary N) is 2. The van der Waals surface area contributed by atoms with Gasteiger partial charge in [0.15, 0.2) is 18.2 Å². The Kier molecular flexibility index (Phi) is 6.20. The van der Waals surface area contributed by atoms with E-state index in [0.29, 0.717) is 35.6 Å². The van der Waals surface area contributed by atoms with Crippen molar-refractivity contribution in [1.29, 1.82) is 5.41 Å². The van der Waals surface area contributed by atoms with Crippen LogP contribution in [0.2, 0.25) is 0 Å². The Morgan fingerprint density at radius 3 is 3.03 bits per heavy atom. The minimum atomic E-state index is -0.453. The zero-order chi connectivity index (χ0) is 21.0. The van der Waals surface area contributed by atoms with E-state index in [1.165, 1.54) is 23.6 Å². The predicted octanol–water partition coefficient (Wildman–Crippen LogP) is 0.548. The van der Waals surface area contributed by atoms with Crippen LogP contribution in [0.5, 0.6) is 0 Å². The first-order valence-corrected chi connectivity index (χ1v) is 9.63. The summed E-state index contributed by atoms with van der Waals surface area (Å²) in [6, 6.07) is 0. The van der Waals surface area contributed by atoms with E-state index in [4.69, 9.17) is 16.9 Å². The summed E-state index contributed by atoms with van der Waals surface area (Å²) in [4.78, 5) is 20.5. The summed E-state index contributed by atoms with van der Waals surface area (Å²) in [5.74, 6) is 0. The van der Waals surface area contributed by atoms with Crippen molar-refractivity contribution >= 4 is 45.6 Å². The number of hydrazone groups is 1. The number of allylic oxidation sites excluding steroid dienone is 1. The Morgan fingerprint density at radius 2 is 2.34 bits per heavy atom. The van der Waals surface area contributed by atoms with Gasteiger partial charge in [-0.2, -0.15) is 5.10 Å². The number of rotatable bonds is 8. The van der Waals surface area contributed by atoms with Gasteiger partial charge >= 0.3 is 0 Å². The number of aryl methyl sites for hydroxylation is 1. The fraction of sp³-hybridized carbons (Fsp3) is 0.278. The molecule has 6 N–H and O–H groups in total. The number of aliphatic imine (C=N–C) groups is 1. The number of carbonyl (C=O) groups excluding carboxylic acids is 1. The van der Waals surface area contributed by atoms with E-state index < -0.39 is 6.29 Å². The van der Waals surface area contributed by atoms with E-state index >= 15 is 0 Å². The van der Waals surface area contributed by atoms with Crippen LogP contribution >= 0.6 is 11.3 Å². The van der Waals surface area contributed by atoms with E-state index in [0.717, 1.165) is 21.7 Å². The molecule has 0 saturated heterocycles. The molecule has 0 fully saturated rings. The quantitative estimate of drug-likeness (QED) is 0.282. The molecular weight excluding hydrogens is 390 g/mol. The van der Waals surface area contributed by atoms with Gasteiger partial charge < -0.3 is 21.0 Å². The molecule has 1 aliphatic heterocycles. The van der Waals surface area contributed by atoms with Gasteiger partial charge in [0.05, 0.1) is 28.9 Å². The van der Waals surface area contributed by atoms with Crippen molar-refractivity contribution in [2.75, 3.05) is 13.6 Å². The molecule has 0 spiro atoms. The standard InChI is InChI=1S/C18H23N9OS/c1-26(9-12-4-6-22-18(21)24-12)23-8-13-14(10-28)27(2)17-16(13)29-15(25-17)7-11(20)3-5-19/h3-6,8,10,18,20,22H,7,9,19,21H2,1-2H3/b5-3-,20-11?,23-8-. The Morgan fingerprint density at radius 1 is 1.55 bits per heavy atom. The number of fused-ring (bicyclic) bond motifs is 1. The smallest absolute Gasteiger partial charge is 0.171 e. The minimum absolute atomic E-state index is 0.367. The van der Waals surface area contributed by atoms with Gasteiger partial charge in [-0.15, -0.1) is 11.3 Å². The maximum atomic E-state index is 11.6. The lowest BCUT2D eigenvalue weighted by Gasteiger charge is -2.17. The molecule has 11 heteroatoms. The summed E-state index contributed by atoms with van der Waals surface area (Å²) in [5.41, 5.74) is 14.1. The molecule has 1 unspecified atom stereocenters. The molecule has 0 aliphatic carbocycles. The molecule has 3 heterocycles. The molecule has 0 radical (unpaired) electrons. The highest BCUT2D eigenvalue weighted by atomic mass is 32.1. The number of aldehydes is 1. The molecule has 3 rings (SSSR count). The van der Waals surface area contributed by atoms with E-state index in [1.807, 2.05) is 13.1 Å². The summed E-state index contributed by atoms with van der Waals surface area (Å²) in [6.45, 7) is 0.477.